The van der Waals surface area contributed by atoms with Gasteiger partial charge in [-0.25, -0.2) is 0 Å². The van der Waals surface area contributed by atoms with Crippen molar-refractivity contribution in [2.45, 2.75) is 57.0 Å². The van der Waals surface area contributed by atoms with Crippen molar-refractivity contribution in [1.82, 2.24) is 5.32 Å². The van der Waals surface area contributed by atoms with Gasteiger partial charge in [-0.1, -0.05) is 19.3 Å². The molecular formula is C11H19NO4. The molecule has 1 saturated carbocycles. The first-order valence-corrected chi connectivity index (χ1v) is 5.80. The van der Waals surface area contributed by atoms with Crippen LogP contribution in [0.2, 0.25) is 0 Å². The largest absolute Gasteiger partial charge is 0.481 e. The lowest BCUT2D eigenvalue weighted by Crippen LogP contribution is -2.44. The lowest BCUT2D eigenvalue weighted by atomic mass is 9.94. The standard InChI is InChI=1S/C11H19NO4/c13-10(14)7-6-9(11(15)16)12-8-4-2-1-3-5-8/h8-9,12H,1-7H2,(H,13,14)(H,15,16)/t9-/m0/s1. The summed E-state index contributed by atoms with van der Waals surface area (Å²) >= 11 is 0. The van der Waals surface area contributed by atoms with Gasteiger partial charge in [-0.2, -0.15) is 0 Å². The van der Waals surface area contributed by atoms with Gasteiger partial charge in [-0.3, -0.25) is 9.59 Å². The van der Waals surface area contributed by atoms with Gasteiger partial charge in [0.2, 0.25) is 0 Å². The van der Waals surface area contributed by atoms with Crippen molar-refractivity contribution >= 4 is 11.9 Å². The zero-order valence-electron chi connectivity index (χ0n) is 9.32. The maximum Gasteiger partial charge on any atom is 0.320 e. The highest BCUT2D eigenvalue weighted by molar-refractivity contribution is 5.75. The van der Waals surface area contributed by atoms with Crippen LogP contribution < -0.4 is 5.32 Å². The minimum atomic E-state index is -0.952. The lowest BCUT2D eigenvalue weighted by molar-refractivity contribution is -0.141. The Bertz CT molecular complexity index is 248. The van der Waals surface area contributed by atoms with Crippen LogP contribution in [0.4, 0.5) is 0 Å². The van der Waals surface area contributed by atoms with Crippen molar-refractivity contribution in [2.24, 2.45) is 0 Å². The van der Waals surface area contributed by atoms with Crippen LogP contribution in [-0.4, -0.2) is 34.2 Å². The van der Waals surface area contributed by atoms with Crippen LogP contribution in [0.15, 0.2) is 0 Å². The van der Waals surface area contributed by atoms with E-state index in [1.807, 2.05) is 0 Å². The molecule has 5 heteroatoms. The topological polar surface area (TPSA) is 86.6 Å². The third kappa shape index (κ3) is 4.61. The average molecular weight is 229 g/mol. The quantitative estimate of drug-likeness (QED) is 0.637. The molecule has 1 aliphatic carbocycles. The zero-order valence-corrected chi connectivity index (χ0v) is 9.32. The summed E-state index contributed by atoms with van der Waals surface area (Å²) < 4.78 is 0. The Morgan fingerprint density at radius 1 is 1.19 bits per heavy atom. The number of rotatable bonds is 6. The Balaban J connectivity index is 2.37. The number of aliphatic carboxylic acids is 2. The second-order valence-electron chi connectivity index (χ2n) is 4.32. The van der Waals surface area contributed by atoms with Crippen molar-refractivity contribution in [2.75, 3.05) is 0 Å². The Morgan fingerprint density at radius 3 is 2.31 bits per heavy atom. The minimum absolute atomic E-state index is 0.101. The molecule has 1 aliphatic rings. The molecule has 0 aliphatic heterocycles. The SMILES string of the molecule is O=C(O)CC[C@H](NC1CCCCC1)C(=O)O. The summed E-state index contributed by atoms with van der Waals surface area (Å²) in [6.45, 7) is 0. The molecule has 16 heavy (non-hydrogen) atoms. The van der Waals surface area contributed by atoms with Crippen molar-refractivity contribution in [1.29, 1.82) is 0 Å². The van der Waals surface area contributed by atoms with Crippen LogP contribution in [0.1, 0.15) is 44.9 Å². The number of hydrogen-bond donors (Lipinski definition) is 3. The predicted molar refractivity (Wildman–Crippen MR) is 58.3 cm³/mol. The number of hydrogen-bond acceptors (Lipinski definition) is 3. The molecule has 1 rings (SSSR count). The number of carboxylic acids is 2. The van der Waals surface area contributed by atoms with Crippen LogP contribution in [0, 0.1) is 0 Å². The fourth-order valence-corrected chi connectivity index (χ4v) is 2.10. The Hall–Kier alpha value is -1.10. The lowest BCUT2D eigenvalue weighted by Gasteiger charge is -2.26. The van der Waals surface area contributed by atoms with Crippen LogP contribution >= 0.6 is 0 Å². The van der Waals surface area contributed by atoms with E-state index in [0.717, 1.165) is 25.7 Å². The molecule has 0 bridgehead atoms. The van der Waals surface area contributed by atoms with Crippen molar-refractivity contribution in [3.05, 3.63) is 0 Å². The van der Waals surface area contributed by atoms with E-state index in [-0.39, 0.29) is 18.9 Å². The average Bonchev–Trinajstić information content (AvgIpc) is 2.25. The second-order valence-corrected chi connectivity index (χ2v) is 4.32. The molecule has 5 nitrogen and oxygen atoms in total. The highest BCUT2D eigenvalue weighted by atomic mass is 16.4. The second kappa shape index (κ2) is 6.48. The van der Waals surface area contributed by atoms with E-state index in [0.29, 0.717) is 0 Å². The summed E-state index contributed by atoms with van der Waals surface area (Å²) in [7, 11) is 0. The third-order valence-corrected chi connectivity index (χ3v) is 2.99. The maximum absolute atomic E-state index is 10.9. The molecule has 1 fully saturated rings. The van der Waals surface area contributed by atoms with Crippen molar-refractivity contribution < 1.29 is 19.8 Å². The normalized spacial score (nSPS) is 19.2. The van der Waals surface area contributed by atoms with Gasteiger partial charge in [0, 0.05) is 12.5 Å². The summed E-state index contributed by atoms with van der Waals surface area (Å²) in [5.74, 6) is -1.90. The zero-order chi connectivity index (χ0) is 12.0. The summed E-state index contributed by atoms with van der Waals surface area (Å²) in [5, 5.41) is 20.5. The number of carboxylic acid groups (broad SMARTS) is 2. The third-order valence-electron chi connectivity index (χ3n) is 2.99. The van der Waals surface area contributed by atoms with Gasteiger partial charge in [0.25, 0.3) is 0 Å². The van der Waals surface area contributed by atoms with E-state index < -0.39 is 18.0 Å². The maximum atomic E-state index is 10.9. The van der Waals surface area contributed by atoms with Crippen molar-refractivity contribution in [3.8, 4) is 0 Å². The Kier molecular flexibility index (Phi) is 5.25. The molecule has 1 atom stereocenters. The molecule has 0 heterocycles. The minimum Gasteiger partial charge on any atom is -0.481 e. The van der Waals surface area contributed by atoms with Gasteiger partial charge < -0.3 is 15.5 Å². The first-order chi connectivity index (χ1) is 7.59. The van der Waals surface area contributed by atoms with Crippen molar-refractivity contribution in [3.63, 3.8) is 0 Å². The van der Waals surface area contributed by atoms with Gasteiger partial charge in [0.1, 0.15) is 6.04 Å². The predicted octanol–water partition coefficient (Wildman–Crippen LogP) is 1.23. The van der Waals surface area contributed by atoms with E-state index >= 15 is 0 Å². The molecule has 0 aromatic heterocycles. The van der Waals surface area contributed by atoms with Crippen LogP contribution in [0.3, 0.4) is 0 Å². The summed E-state index contributed by atoms with van der Waals surface area (Å²) in [6.07, 6.45) is 5.52. The number of carbonyl (C=O) groups is 2. The monoisotopic (exact) mass is 229 g/mol. The van der Waals surface area contributed by atoms with E-state index in [1.165, 1.54) is 6.42 Å². The van der Waals surface area contributed by atoms with Gasteiger partial charge in [-0.05, 0) is 19.3 Å². The fourth-order valence-electron chi connectivity index (χ4n) is 2.10. The summed E-state index contributed by atoms with van der Waals surface area (Å²) in [4.78, 5) is 21.3. The molecule has 0 saturated heterocycles. The smallest absolute Gasteiger partial charge is 0.320 e. The molecule has 3 N–H and O–H groups in total. The fraction of sp³-hybridized carbons (Fsp3) is 0.818. The molecule has 0 aromatic rings. The highest BCUT2D eigenvalue weighted by Gasteiger charge is 2.23. The molecule has 0 unspecified atom stereocenters. The Labute approximate surface area is 94.8 Å². The van der Waals surface area contributed by atoms with E-state index in [1.54, 1.807) is 0 Å². The highest BCUT2D eigenvalue weighted by Crippen LogP contribution is 2.18. The van der Waals surface area contributed by atoms with Crippen LogP contribution in [-0.2, 0) is 9.59 Å². The first kappa shape index (κ1) is 13.0. The van der Waals surface area contributed by atoms with Crippen LogP contribution in [0.5, 0.6) is 0 Å². The molecule has 0 radical (unpaired) electrons. The molecule has 0 amide bonds. The van der Waals surface area contributed by atoms with E-state index in [4.69, 9.17) is 10.2 Å². The van der Waals surface area contributed by atoms with E-state index in [2.05, 4.69) is 5.32 Å². The molecular weight excluding hydrogens is 210 g/mol. The first-order valence-electron chi connectivity index (χ1n) is 5.80. The Morgan fingerprint density at radius 2 is 1.81 bits per heavy atom. The van der Waals surface area contributed by atoms with Gasteiger partial charge >= 0.3 is 11.9 Å². The molecule has 0 spiro atoms. The number of nitrogens with one attached hydrogen (secondary N) is 1. The van der Waals surface area contributed by atoms with Gasteiger partial charge in [0.05, 0.1) is 0 Å². The molecule has 92 valence electrons. The van der Waals surface area contributed by atoms with E-state index in [9.17, 15) is 9.59 Å². The van der Waals surface area contributed by atoms with Crippen LogP contribution in [0.25, 0.3) is 0 Å². The van der Waals surface area contributed by atoms with Gasteiger partial charge in [0.15, 0.2) is 0 Å². The molecule has 0 aromatic carbocycles. The summed E-state index contributed by atoms with van der Waals surface area (Å²) in [6, 6.07) is -0.483. The van der Waals surface area contributed by atoms with Gasteiger partial charge in [-0.15, -0.1) is 0 Å². The summed E-state index contributed by atoms with van der Waals surface area (Å²) in [5.41, 5.74) is 0.